The number of aryl methyl sites for hydroxylation is 1. The molecule has 0 bridgehead atoms. The SMILES string of the molecule is Cc1c(/C=C2\SC(=O)N(CC(=O)Nc3ccc(Cl)cc3)C2=O)c2ccccc2n1C. The highest BCUT2D eigenvalue weighted by atomic mass is 35.5. The molecule has 152 valence electrons. The summed E-state index contributed by atoms with van der Waals surface area (Å²) in [6.45, 7) is 1.62. The minimum Gasteiger partial charge on any atom is -0.347 e. The van der Waals surface area contributed by atoms with Gasteiger partial charge in [-0.25, -0.2) is 0 Å². The molecule has 3 aromatic rings. The van der Waals surface area contributed by atoms with Gasteiger partial charge in [0.2, 0.25) is 5.91 Å². The molecule has 4 rings (SSSR count). The van der Waals surface area contributed by atoms with Crippen LogP contribution >= 0.6 is 23.4 Å². The first-order valence-electron chi connectivity index (χ1n) is 9.20. The van der Waals surface area contributed by atoms with Crippen LogP contribution in [0, 0.1) is 6.92 Å². The number of rotatable bonds is 4. The van der Waals surface area contributed by atoms with Crippen molar-refractivity contribution in [1.82, 2.24) is 9.47 Å². The summed E-state index contributed by atoms with van der Waals surface area (Å²) in [5.74, 6) is -0.925. The summed E-state index contributed by atoms with van der Waals surface area (Å²) in [4.78, 5) is 38.8. The summed E-state index contributed by atoms with van der Waals surface area (Å²) in [6.07, 6.45) is 1.74. The maximum Gasteiger partial charge on any atom is 0.294 e. The minimum absolute atomic E-state index is 0.304. The van der Waals surface area contributed by atoms with Gasteiger partial charge in [-0.3, -0.25) is 19.3 Å². The predicted molar refractivity (Wildman–Crippen MR) is 120 cm³/mol. The van der Waals surface area contributed by atoms with Crippen molar-refractivity contribution in [3.8, 4) is 0 Å². The summed E-state index contributed by atoms with van der Waals surface area (Å²) < 4.78 is 2.05. The molecular weight excluding hydrogens is 422 g/mol. The van der Waals surface area contributed by atoms with Gasteiger partial charge in [0, 0.05) is 39.9 Å². The summed E-state index contributed by atoms with van der Waals surface area (Å²) in [7, 11) is 1.96. The number of thioether (sulfide) groups is 1. The Morgan fingerprint density at radius 2 is 1.83 bits per heavy atom. The van der Waals surface area contributed by atoms with Crippen molar-refractivity contribution >= 4 is 63.1 Å². The van der Waals surface area contributed by atoms with E-state index in [-0.39, 0.29) is 6.54 Å². The van der Waals surface area contributed by atoms with Crippen LogP contribution in [0.2, 0.25) is 5.02 Å². The van der Waals surface area contributed by atoms with E-state index in [2.05, 4.69) is 5.32 Å². The van der Waals surface area contributed by atoms with Gasteiger partial charge in [-0.15, -0.1) is 0 Å². The normalized spacial score (nSPS) is 15.4. The van der Waals surface area contributed by atoms with Gasteiger partial charge in [-0.05, 0) is 55.1 Å². The number of anilines is 1. The molecule has 0 atom stereocenters. The molecule has 1 fully saturated rings. The Hall–Kier alpha value is -3.03. The Morgan fingerprint density at radius 1 is 1.13 bits per heavy atom. The fraction of sp³-hybridized carbons (Fsp3) is 0.136. The Kier molecular flexibility index (Phi) is 5.40. The van der Waals surface area contributed by atoms with Gasteiger partial charge in [0.05, 0.1) is 4.91 Å². The first-order valence-corrected chi connectivity index (χ1v) is 10.4. The number of nitrogens with zero attached hydrogens (tertiary/aromatic N) is 2. The third-order valence-electron chi connectivity index (χ3n) is 5.03. The summed E-state index contributed by atoms with van der Waals surface area (Å²) in [6, 6.07) is 14.5. The van der Waals surface area contributed by atoms with Gasteiger partial charge in [-0.1, -0.05) is 29.8 Å². The molecule has 8 heteroatoms. The van der Waals surface area contributed by atoms with E-state index >= 15 is 0 Å². The van der Waals surface area contributed by atoms with Crippen LogP contribution in [0.3, 0.4) is 0 Å². The average molecular weight is 440 g/mol. The number of aromatic nitrogens is 1. The number of carbonyl (C=O) groups is 3. The summed E-state index contributed by atoms with van der Waals surface area (Å²) >= 11 is 6.68. The van der Waals surface area contributed by atoms with Crippen molar-refractivity contribution in [2.75, 3.05) is 11.9 Å². The second-order valence-corrected chi connectivity index (χ2v) is 8.33. The lowest BCUT2D eigenvalue weighted by Crippen LogP contribution is -2.36. The molecule has 1 aliphatic heterocycles. The lowest BCUT2D eigenvalue weighted by Gasteiger charge is -2.12. The van der Waals surface area contributed by atoms with Crippen molar-refractivity contribution < 1.29 is 14.4 Å². The van der Waals surface area contributed by atoms with Crippen LogP contribution < -0.4 is 5.32 Å². The number of fused-ring (bicyclic) bond motifs is 1. The number of imide groups is 1. The largest absolute Gasteiger partial charge is 0.347 e. The van der Waals surface area contributed by atoms with E-state index in [1.807, 2.05) is 42.8 Å². The molecule has 3 amide bonds. The first-order chi connectivity index (χ1) is 14.3. The van der Waals surface area contributed by atoms with Crippen molar-refractivity contribution in [1.29, 1.82) is 0 Å². The monoisotopic (exact) mass is 439 g/mol. The van der Waals surface area contributed by atoms with E-state index < -0.39 is 17.1 Å². The topological polar surface area (TPSA) is 71.4 Å². The lowest BCUT2D eigenvalue weighted by atomic mass is 10.1. The van der Waals surface area contributed by atoms with Crippen LogP contribution in [-0.4, -0.2) is 33.1 Å². The molecular formula is C22H18ClN3O3S. The molecule has 2 heterocycles. The molecule has 0 aliphatic carbocycles. The van der Waals surface area contributed by atoms with E-state index in [1.54, 1.807) is 30.3 Å². The zero-order valence-electron chi connectivity index (χ0n) is 16.3. The Labute approximate surface area is 182 Å². The molecule has 2 aromatic carbocycles. The second-order valence-electron chi connectivity index (χ2n) is 6.90. The number of hydrogen-bond donors (Lipinski definition) is 1. The number of benzene rings is 2. The summed E-state index contributed by atoms with van der Waals surface area (Å²) in [5, 5.41) is 3.75. The molecule has 6 nitrogen and oxygen atoms in total. The molecule has 0 unspecified atom stereocenters. The standard InChI is InChI=1S/C22H18ClN3O3S/c1-13-17(16-5-3-4-6-18(16)25(13)2)11-19-21(28)26(22(29)30-19)12-20(27)24-15-9-7-14(23)8-10-15/h3-11H,12H2,1-2H3,(H,24,27)/b19-11-. The zero-order chi connectivity index (χ0) is 21.4. The predicted octanol–water partition coefficient (Wildman–Crippen LogP) is 4.82. The van der Waals surface area contributed by atoms with Gasteiger partial charge >= 0.3 is 0 Å². The van der Waals surface area contributed by atoms with Crippen LogP contribution in [0.15, 0.2) is 53.4 Å². The van der Waals surface area contributed by atoms with E-state index in [9.17, 15) is 14.4 Å². The molecule has 0 spiro atoms. The number of halogens is 1. The summed E-state index contributed by atoms with van der Waals surface area (Å²) in [5.41, 5.74) is 3.47. The number of para-hydroxylation sites is 1. The Morgan fingerprint density at radius 3 is 2.57 bits per heavy atom. The fourth-order valence-corrected chi connectivity index (χ4v) is 4.32. The lowest BCUT2D eigenvalue weighted by molar-refractivity contribution is -0.127. The molecule has 1 N–H and O–H groups in total. The van der Waals surface area contributed by atoms with Crippen LogP contribution in [0.4, 0.5) is 10.5 Å². The highest BCUT2D eigenvalue weighted by Crippen LogP contribution is 2.35. The average Bonchev–Trinajstić information content (AvgIpc) is 3.13. The van der Waals surface area contributed by atoms with Gasteiger partial charge in [0.15, 0.2) is 0 Å². The highest BCUT2D eigenvalue weighted by molar-refractivity contribution is 8.18. The Balaban J connectivity index is 1.55. The molecule has 1 aliphatic rings. The number of amides is 3. The van der Waals surface area contributed by atoms with Crippen molar-refractivity contribution in [3.63, 3.8) is 0 Å². The van der Waals surface area contributed by atoms with Gasteiger partial charge in [0.1, 0.15) is 6.54 Å². The fourth-order valence-electron chi connectivity index (χ4n) is 3.38. The van der Waals surface area contributed by atoms with E-state index in [0.717, 1.165) is 38.8 Å². The molecule has 0 saturated carbocycles. The van der Waals surface area contributed by atoms with Crippen LogP contribution in [-0.2, 0) is 16.6 Å². The van der Waals surface area contributed by atoms with Gasteiger partial charge in [0.25, 0.3) is 11.1 Å². The quantitative estimate of drug-likeness (QED) is 0.592. The van der Waals surface area contributed by atoms with E-state index in [4.69, 9.17) is 11.6 Å². The molecule has 0 radical (unpaired) electrons. The van der Waals surface area contributed by atoms with E-state index in [1.165, 1.54) is 0 Å². The van der Waals surface area contributed by atoms with Gasteiger partial charge < -0.3 is 9.88 Å². The van der Waals surface area contributed by atoms with Crippen molar-refractivity contribution in [2.24, 2.45) is 7.05 Å². The third-order valence-corrected chi connectivity index (χ3v) is 6.19. The minimum atomic E-state index is -0.469. The number of hydrogen-bond acceptors (Lipinski definition) is 4. The zero-order valence-corrected chi connectivity index (χ0v) is 17.9. The van der Waals surface area contributed by atoms with Crippen LogP contribution in [0.5, 0.6) is 0 Å². The first kappa shape index (κ1) is 20.3. The van der Waals surface area contributed by atoms with Crippen LogP contribution in [0.1, 0.15) is 11.3 Å². The van der Waals surface area contributed by atoms with E-state index in [0.29, 0.717) is 15.6 Å². The van der Waals surface area contributed by atoms with Crippen molar-refractivity contribution in [2.45, 2.75) is 6.92 Å². The van der Waals surface area contributed by atoms with Crippen LogP contribution in [0.25, 0.3) is 17.0 Å². The second kappa shape index (κ2) is 8.01. The third kappa shape index (κ3) is 3.74. The maximum absolute atomic E-state index is 12.8. The van der Waals surface area contributed by atoms with Crippen molar-refractivity contribution in [3.05, 3.63) is 69.7 Å². The highest BCUT2D eigenvalue weighted by Gasteiger charge is 2.36. The number of carbonyl (C=O) groups excluding carboxylic acids is 3. The van der Waals surface area contributed by atoms with Gasteiger partial charge in [-0.2, -0.15) is 0 Å². The Bertz CT molecular complexity index is 1210. The molecule has 30 heavy (non-hydrogen) atoms. The number of nitrogens with one attached hydrogen (secondary N) is 1. The maximum atomic E-state index is 12.8. The molecule has 1 saturated heterocycles. The molecule has 1 aromatic heterocycles. The smallest absolute Gasteiger partial charge is 0.294 e.